The summed E-state index contributed by atoms with van der Waals surface area (Å²) in [6.07, 6.45) is 0. The first-order valence-corrected chi connectivity index (χ1v) is 7.47. The molecule has 0 aliphatic heterocycles. The molecule has 0 amide bonds. The average molecular weight is 314 g/mol. The molecule has 0 unspecified atom stereocenters. The fraction of sp³-hybridized carbons (Fsp3) is 0.316. The molecule has 0 radical (unpaired) electrons. The Morgan fingerprint density at radius 2 is 1.87 bits per heavy atom. The zero-order valence-corrected chi connectivity index (χ0v) is 13.9. The van der Waals surface area contributed by atoms with E-state index in [1.54, 1.807) is 13.0 Å². The predicted molar refractivity (Wildman–Crippen MR) is 89.3 cm³/mol. The molecule has 0 fully saturated rings. The Morgan fingerprint density at radius 3 is 2.48 bits per heavy atom. The van der Waals surface area contributed by atoms with E-state index in [9.17, 15) is 9.90 Å². The highest BCUT2D eigenvalue weighted by Gasteiger charge is 2.16. The van der Waals surface area contributed by atoms with E-state index in [0.717, 1.165) is 11.1 Å². The summed E-state index contributed by atoms with van der Waals surface area (Å²) < 4.78 is 5.75. The Morgan fingerprint density at radius 1 is 1.17 bits per heavy atom. The third kappa shape index (κ3) is 4.03. The Balaban J connectivity index is 2.23. The molecule has 0 saturated heterocycles. The van der Waals surface area contributed by atoms with E-state index in [2.05, 4.69) is 20.8 Å². The smallest absolute Gasteiger partial charge is 0.339 e. The minimum atomic E-state index is -1.15. The van der Waals surface area contributed by atoms with Crippen molar-refractivity contribution in [3.63, 3.8) is 0 Å². The number of phenols is 1. The number of ether oxygens (including phenoxy) is 1. The van der Waals surface area contributed by atoms with Gasteiger partial charge in [0.15, 0.2) is 0 Å². The van der Waals surface area contributed by atoms with Crippen molar-refractivity contribution in [1.82, 2.24) is 0 Å². The van der Waals surface area contributed by atoms with Gasteiger partial charge in [-0.3, -0.25) is 0 Å². The summed E-state index contributed by atoms with van der Waals surface area (Å²) >= 11 is 0. The van der Waals surface area contributed by atoms with Crippen LogP contribution >= 0.6 is 0 Å². The quantitative estimate of drug-likeness (QED) is 0.884. The van der Waals surface area contributed by atoms with Gasteiger partial charge in [0.2, 0.25) is 0 Å². The second-order valence-corrected chi connectivity index (χ2v) is 6.69. The van der Waals surface area contributed by atoms with Crippen LogP contribution in [-0.4, -0.2) is 16.2 Å². The number of aromatic carboxylic acids is 1. The van der Waals surface area contributed by atoms with Gasteiger partial charge in [-0.1, -0.05) is 32.9 Å². The molecule has 2 N–H and O–H groups in total. The first-order chi connectivity index (χ1) is 10.7. The number of hydrogen-bond donors (Lipinski definition) is 2. The van der Waals surface area contributed by atoms with E-state index in [-0.39, 0.29) is 23.3 Å². The van der Waals surface area contributed by atoms with Gasteiger partial charge in [-0.05, 0) is 47.7 Å². The molecule has 0 saturated carbocycles. The summed E-state index contributed by atoms with van der Waals surface area (Å²) in [5.41, 5.74) is 2.29. The molecular weight excluding hydrogens is 292 g/mol. The van der Waals surface area contributed by atoms with E-state index in [1.165, 1.54) is 6.07 Å². The van der Waals surface area contributed by atoms with E-state index in [1.807, 2.05) is 24.3 Å². The molecule has 0 aliphatic rings. The lowest BCUT2D eigenvalue weighted by Crippen LogP contribution is -2.11. The normalized spacial score (nSPS) is 11.3. The Labute approximate surface area is 136 Å². The number of aromatic hydroxyl groups is 1. The fourth-order valence-electron chi connectivity index (χ4n) is 2.34. The lowest BCUT2D eigenvalue weighted by atomic mass is 9.87. The van der Waals surface area contributed by atoms with Crippen LogP contribution in [0.1, 0.15) is 47.8 Å². The average Bonchev–Trinajstić information content (AvgIpc) is 2.47. The Kier molecular flexibility index (Phi) is 4.64. The van der Waals surface area contributed by atoms with Crippen LogP contribution in [0.2, 0.25) is 0 Å². The zero-order valence-electron chi connectivity index (χ0n) is 13.9. The van der Waals surface area contributed by atoms with Crippen LogP contribution in [0.25, 0.3) is 0 Å². The number of hydrogen-bond acceptors (Lipinski definition) is 3. The van der Waals surface area contributed by atoms with Crippen molar-refractivity contribution in [3.8, 4) is 11.5 Å². The molecule has 0 heterocycles. The van der Waals surface area contributed by atoms with Crippen LogP contribution in [0.4, 0.5) is 0 Å². The minimum Gasteiger partial charge on any atom is -0.507 e. The minimum absolute atomic E-state index is 0.0152. The van der Waals surface area contributed by atoms with Gasteiger partial charge in [0, 0.05) is 5.56 Å². The summed E-state index contributed by atoms with van der Waals surface area (Å²) in [5, 5.41) is 19.2. The van der Waals surface area contributed by atoms with Gasteiger partial charge in [-0.2, -0.15) is 0 Å². The number of carboxylic acid groups (broad SMARTS) is 1. The van der Waals surface area contributed by atoms with Crippen LogP contribution in [0, 0.1) is 6.92 Å². The molecule has 2 aromatic carbocycles. The maximum atomic E-state index is 11.2. The van der Waals surface area contributed by atoms with Crippen molar-refractivity contribution in [3.05, 3.63) is 58.7 Å². The molecule has 122 valence electrons. The molecule has 23 heavy (non-hydrogen) atoms. The first kappa shape index (κ1) is 16.9. The van der Waals surface area contributed by atoms with Crippen LogP contribution in [0.3, 0.4) is 0 Å². The number of rotatable bonds is 4. The lowest BCUT2D eigenvalue weighted by Gasteiger charge is -2.20. The van der Waals surface area contributed by atoms with Crippen molar-refractivity contribution in [1.29, 1.82) is 0 Å². The van der Waals surface area contributed by atoms with Crippen molar-refractivity contribution in [2.75, 3.05) is 0 Å². The molecule has 0 spiro atoms. The largest absolute Gasteiger partial charge is 0.507 e. The summed E-state index contributed by atoms with van der Waals surface area (Å²) in [6.45, 7) is 8.27. The Bertz CT molecular complexity index is 727. The molecule has 0 aliphatic carbocycles. The number of aryl methyl sites for hydroxylation is 1. The van der Waals surface area contributed by atoms with Gasteiger partial charge in [-0.25, -0.2) is 4.79 Å². The number of benzene rings is 2. The SMILES string of the molecule is Cc1cc(COc2cccc(C(C)(C)C)c2)c(O)c(C(=O)O)c1. The predicted octanol–water partition coefficient (Wildman–Crippen LogP) is 4.28. The molecule has 0 aromatic heterocycles. The number of carbonyl (C=O) groups is 1. The van der Waals surface area contributed by atoms with Crippen molar-refractivity contribution < 1.29 is 19.7 Å². The standard InChI is InChI=1S/C19H22O4/c1-12-8-13(17(20)16(9-12)18(21)22)11-23-15-7-5-6-14(10-15)19(2,3)4/h5-10,20H,11H2,1-4H3,(H,21,22). The van der Waals surface area contributed by atoms with E-state index in [4.69, 9.17) is 9.84 Å². The Hall–Kier alpha value is -2.49. The second-order valence-electron chi connectivity index (χ2n) is 6.69. The molecule has 2 rings (SSSR count). The van der Waals surface area contributed by atoms with Crippen molar-refractivity contribution in [2.45, 2.75) is 39.7 Å². The second kappa shape index (κ2) is 6.32. The van der Waals surface area contributed by atoms with E-state index >= 15 is 0 Å². The lowest BCUT2D eigenvalue weighted by molar-refractivity contribution is 0.0693. The third-order valence-electron chi connectivity index (χ3n) is 3.66. The van der Waals surface area contributed by atoms with E-state index in [0.29, 0.717) is 11.3 Å². The highest BCUT2D eigenvalue weighted by molar-refractivity contribution is 5.91. The monoisotopic (exact) mass is 314 g/mol. The van der Waals surface area contributed by atoms with Crippen LogP contribution in [-0.2, 0) is 12.0 Å². The highest BCUT2D eigenvalue weighted by atomic mass is 16.5. The fourth-order valence-corrected chi connectivity index (χ4v) is 2.34. The molecule has 0 atom stereocenters. The van der Waals surface area contributed by atoms with Crippen LogP contribution in [0.15, 0.2) is 36.4 Å². The van der Waals surface area contributed by atoms with Crippen molar-refractivity contribution >= 4 is 5.97 Å². The molecular formula is C19H22O4. The van der Waals surface area contributed by atoms with Crippen molar-refractivity contribution in [2.24, 2.45) is 0 Å². The van der Waals surface area contributed by atoms with Gasteiger partial charge < -0.3 is 14.9 Å². The summed E-state index contributed by atoms with van der Waals surface area (Å²) in [5.74, 6) is -0.701. The molecule has 4 nitrogen and oxygen atoms in total. The summed E-state index contributed by atoms with van der Waals surface area (Å²) in [6, 6.07) is 11.0. The van der Waals surface area contributed by atoms with Gasteiger partial charge in [0.25, 0.3) is 0 Å². The van der Waals surface area contributed by atoms with Gasteiger partial charge in [0.1, 0.15) is 23.7 Å². The van der Waals surface area contributed by atoms with E-state index < -0.39 is 5.97 Å². The maximum Gasteiger partial charge on any atom is 0.339 e. The highest BCUT2D eigenvalue weighted by Crippen LogP contribution is 2.28. The molecule has 0 bridgehead atoms. The molecule has 4 heteroatoms. The van der Waals surface area contributed by atoms with Crippen LogP contribution < -0.4 is 4.74 Å². The van der Waals surface area contributed by atoms with Crippen LogP contribution in [0.5, 0.6) is 11.5 Å². The summed E-state index contributed by atoms with van der Waals surface area (Å²) in [7, 11) is 0. The maximum absolute atomic E-state index is 11.2. The topological polar surface area (TPSA) is 66.8 Å². The summed E-state index contributed by atoms with van der Waals surface area (Å²) in [4.78, 5) is 11.2. The first-order valence-electron chi connectivity index (χ1n) is 7.47. The zero-order chi connectivity index (χ0) is 17.2. The van der Waals surface area contributed by atoms with Gasteiger partial charge in [-0.15, -0.1) is 0 Å². The van der Waals surface area contributed by atoms with Gasteiger partial charge >= 0.3 is 5.97 Å². The molecule has 2 aromatic rings. The third-order valence-corrected chi connectivity index (χ3v) is 3.66. The number of carboxylic acids is 1. The van der Waals surface area contributed by atoms with Gasteiger partial charge in [0.05, 0.1) is 0 Å².